The number of nitrogens with one attached hydrogen (secondary N) is 1. The van der Waals surface area contributed by atoms with Crippen molar-refractivity contribution in [1.29, 1.82) is 0 Å². The number of thioether (sulfide) groups is 1. The number of Topliss-reactive ketones (excluding diaryl/α,β-unsaturated/α-hetero) is 1. The Hall–Kier alpha value is -3.08. The molecule has 0 bridgehead atoms. The van der Waals surface area contributed by atoms with Gasteiger partial charge in [-0.3, -0.25) is 19.0 Å². The summed E-state index contributed by atoms with van der Waals surface area (Å²) in [5.41, 5.74) is 0.916. The molecule has 3 heterocycles. The van der Waals surface area contributed by atoms with E-state index in [1.54, 1.807) is 22.8 Å². The van der Waals surface area contributed by atoms with Crippen LogP contribution >= 0.6 is 11.8 Å². The lowest BCUT2D eigenvalue weighted by atomic mass is 10.1. The predicted octanol–water partition coefficient (Wildman–Crippen LogP) is 3.60. The summed E-state index contributed by atoms with van der Waals surface area (Å²) in [6.45, 7) is 2.12. The smallest absolute Gasteiger partial charge is 0.262 e. The summed E-state index contributed by atoms with van der Waals surface area (Å²) in [6, 6.07) is 10.2. The summed E-state index contributed by atoms with van der Waals surface area (Å²) in [6.07, 6.45) is 3.59. The van der Waals surface area contributed by atoms with Crippen LogP contribution in [0.25, 0.3) is 10.9 Å². The molecule has 1 N–H and O–H groups in total. The highest BCUT2D eigenvalue weighted by Crippen LogP contribution is 2.23. The highest BCUT2D eigenvalue weighted by Gasteiger charge is 2.22. The van der Waals surface area contributed by atoms with E-state index < -0.39 is 5.82 Å². The maximum absolute atomic E-state index is 13.5. The number of ketones is 1. The van der Waals surface area contributed by atoms with E-state index >= 15 is 0 Å². The van der Waals surface area contributed by atoms with E-state index in [0.717, 1.165) is 37.4 Å². The molecule has 1 amide bonds. The molecule has 0 radical (unpaired) electrons. The second-order valence-electron chi connectivity index (χ2n) is 9.24. The third kappa shape index (κ3) is 6.08. The van der Waals surface area contributed by atoms with E-state index in [1.165, 1.54) is 24.3 Å². The van der Waals surface area contributed by atoms with Crippen LogP contribution in [0.15, 0.2) is 52.4 Å². The number of benzene rings is 2. The quantitative estimate of drug-likeness (QED) is 0.259. The Balaban J connectivity index is 1.41. The molecule has 8 nitrogen and oxygen atoms in total. The summed E-state index contributed by atoms with van der Waals surface area (Å²) in [4.78, 5) is 43.6. The number of amides is 1. The van der Waals surface area contributed by atoms with Gasteiger partial charge in [0, 0.05) is 30.9 Å². The van der Waals surface area contributed by atoms with Gasteiger partial charge in [-0.1, -0.05) is 11.8 Å². The number of carbonyl (C=O) groups is 2. The van der Waals surface area contributed by atoms with Gasteiger partial charge in [0.15, 0.2) is 10.9 Å². The Labute approximate surface area is 217 Å². The van der Waals surface area contributed by atoms with Gasteiger partial charge in [0.05, 0.1) is 35.4 Å². The molecule has 3 aromatic rings. The molecule has 10 heteroatoms. The monoisotopic (exact) mass is 525 g/mol. The van der Waals surface area contributed by atoms with Crippen molar-refractivity contribution in [2.75, 3.05) is 25.5 Å². The first-order chi connectivity index (χ1) is 18.0. The summed E-state index contributed by atoms with van der Waals surface area (Å²) in [5, 5.41) is 3.66. The van der Waals surface area contributed by atoms with Crippen LogP contribution in [-0.4, -0.2) is 59.0 Å². The van der Waals surface area contributed by atoms with Gasteiger partial charge in [-0.15, -0.1) is 0 Å². The molecule has 5 rings (SSSR count). The van der Waals surface area contributed by atoms with Gasteiger partial charge in [0.2, 0.25) is 0 Å². The fraction of sp³-hybridized carbons (Fsp3) is 0.407. The van der Waals surface area contributed by atoms with Crippen LogP contribution in [0, 0.1) is 5.82 Å². The molecule has 2 aromatic carbocycles. The fourth-order valence-electron chi connectivity index (χ4n) is 4.57. The molecule has 2 aliphatic heterocycles. The van der Waals surface area contributed by atoms with Crippen LogP contribution in [0.1, 0.15) is 46.4 Å². The maximum Gasteiger partial charge on any atom is 0.262 e. The summed E-state index contributed by atoms with van der Waals surface area (Å²) < 4.78 is 26.1. The third-order valence-electron chi connectivity index (χ3n) is 6.61. The van der Waals surface area contributed by atoms with Crippen LogP contribution in [0.5, 0.6) is 0 Å². The predicted molar refractivity (Wildman–Crippen MR) is 138 cm³/mol. The molecule has 2 saturated heterocycles. The Morgan fingerprint density at radius 1 is 1.03 bits per heavy atom. The highest BCUT2D eigenvalue weighted by molar-refractivity contribution is 7.99. The number of hydrogen-bond donors (Lipinski definition) is 1. The average molecular weight is 526 g/mol. The zero-order chi connectivity index (χ0) is 25.8. The molecule has 2 atom stereocenters. The van der Waals surface area contributed by atoms with Gasteiger partial charge in [0.1, 0.15) is 5.82 Å². The second-order valence-corrected chi connectivity index (χ2v) is 10.2. The lowest BCUT2D eigenvalue weighted by molar-refractivity contribution is 0.0857. The lowest BCUT2D eigenvalue weighted by Gasteiger charge is -2.17. The average Bonchev–Trinajstić information content (AvgIpc) is 3.62. The summed E-state index contributed by atoms with van der Waals surface area (Å²) in [7, 11) is 0. The topological polar surface area (TPSA) is 99.5 Å². The standard InChI is InChI=1S/C27H28FN3O5S/c28-19-8-5-17(6-9-19)24(32)16-37-27-30-23-13-18(25(33)29-14-20-3-1-11-35-20)7-10-22(23)26(34)31(27)15-21-4-2-12-36-21/h5-10,13,20-21H,1-4,11-12,14-16H2,(H,29,33)/t20-,21-/m0/s1. The molecule has 194 valence electrons. The zero-order valence-electron chi connectivity index (χ0n) is 20.3. The normalized spacial score (nSPS) is 19.4. The van der Waals surface area contributed by atoms with E-state index in [0.29, 0.717) is 53.5 Å². The van der Waals surface area contributed by atoms with Crippen molar-refractivity contribution in [3.8, 4) is 0 Å². The van der Waals surface area contributed by atoms with E-state index in [1.807, 2.05) is 0 Å². The van der Waals surface area contributed by atoms with Crippen LogP contribution in [0.2, 0.25) is 0 Å². The van der Waals surface area contributed by atoms with Crippen molar-refractivity contribution in [2.24, 2.45) is 0 Å². The molecule has 2 aliphatic rings. The summed E-state index contributed by atoms with van der Waals surface area (Å²) in [5.74, 6) is -0.855. The third-order valence-corrected chi connectivity index (χ3v) is 7.58. The van der Waals surface area contributed by atoms with Crippen molar-refractivity contribution in [1.82, 2.24) is 14.9 Å². The van der Waals surface area contributed by atoms with E-state index in [4.69, 9.17) is 14.5 Å². The van der Waals surface area contributed by atoms with Crippen LogP contribution in [0.4, 0.5) is 4.39 Å². The number of fused-ring (bicyclic) bond motifs is 1. The number of nitrogens with zero attached hydrogens (tertiary/aromatic N) is 2. The van der Waals surface area contributed by atoms with E-state index in [2.05, 4.69) is 5.32 Å². The number of aromatic nitrogens is 2. The van der Waals surface area contributed by atoms with E-state index in [9.17, 15) is 18.8 Å². The van der Waals surface area contributed by atoms with Gasteiger partial charge in [-0.05, 0) is 68.1 Å². The molecular formula is C27H28FN3O5S. The number of rotatable bonds is 9. The SMILES string of the molecule is O=C(CSc1nc2cc(C(=O)NC[C@@H]3CCCO3)ccc2c(=O)n1C[C@@H]1CCCO1)c1ccc(F)cc1. The van der Waals surface area contributed by atoms with Gasteiger partial charge in [-0.2, -0.15) is 0 Å². The highest BCUT2D eigenvalue weighted by atomic mass is 32.2. The number of ether oxygens (including phenoxy) is 2. The Morgan fingerprint density at radius 3 is 2.43 bits per heavy atom. The van der Waals surface area contributed by atoms with Crippen LogP contribution in [0.3, 0.4) is 0 Å². The molecule has 2 fully saturated rings. The first-order valence-electron chi connectivity index (χ1n) is 12.5. The Bertz CT molecular complexity index is 1350. The largest absolute Gasteiger partial charge is 0.376 e. The first kappa shape index (κ1) is 25.6. The number of carbonyl (C=O) groups excluding carboxylic acids is 2. The minimum atomic E-state index is -0.415. The van der Waals surface area contributed by atoms with Crippen LogP contribution in [-0.2, 0) is 16.0 Å². The van der Waals surface area contributed by atoms with Gasteiger partial charge in [0.25, 0.3) is 11.5 Å². The fourth-order valence-corrected chi connectivity index (χ4v) is 5.47. The zero-order valence-corrected chi connectivity index (χ0v) is 21.1. The van der Waals surface area contributed by atoms with Gasteiger partial charge < -0.3 is 14.8 Å². The Kier molecular flexibility index (Phi) is 7.97. The molecule has 37 heavy (non-hydrogen) atoms. The molecule has 0 saturated carbocycles. The summed E-state index contributed by atoms with van der Waals surface area (Å²) >= 11 is 1.14. The van der Waals surface area contributed by atoms with Crippen molar-refractivity contribution < 1.29 is 23.5 Å². The molecule has 1 aromatic heterocycles. The Morgan fingerprint density at radius 2 is 1.73 bits per heavy atom. The minimum Gasteiger partial charge on any atom is -0.376 e. The van der Waals surface area contributed by atoms with Crippen molar-refractivity contribution >= 4 is 34.4 Å². The molecular weight excluding hydrogens is 497 g/mol. The number of halogens is 1. The first-order valence-corrected chi connectivity index (χ1v) is 13.4. The van der Waals surface area contributed by atoms with Gasteiger partial charge >= 0.3 is 0 Å². The van der Waals surface area contributed by atoms with Crippen molar-refractivity contribution in [3.05, 3.63) is 69.8 Å². The van der Waals surface area contributed by atoms with Crippen molar-refractivity contribution in [3.63, 3.8) is 0 Å². The second kappa shape index (κ2) is 11.5. The lowest BCUT2D eigenvalue weighted by Crippen LogP contribution is -2.32. The molecule has 0 aliphatic carbocycles. The minimum absolute atomic E-state index is 0.0224. The maximum atomic E-state index is 13.5. The molecule has 0 unspecified atom stereocenters. The van der Waals surface area contributed by atoms with E-state index in [-0.39, 0.29) is 35.2 Å². The number of hydrogen-bond acceptors (Lipinski definition) is 7. The van der Waals surface area contributed by atoms with Gasteiger partial charge in [-0.25, -0.2) is 9.37 Å². The van der Waals surface area contributed by atoms with Crippen LogP contribution < -0.4 is 10.9 Å². The molecule has 0 spiro atoms. The van der Waals surface area contributed by atoms with Crippen molar-refractivity contribution in [2.45, 2.75) is 49.6 Å².